The molecule has 0 saturated carbocycles. The van der Waals surface area contributed by atoms with Crippen LogP contribution in [-0.4, -0.2) is 48.9 Å². The summed E-state index contributed by atoms with van der Waals surface area (Å²) in [5, 5.41) is 0. The van der Waals surface area contributed by atoms with Gasteiger partial charge >= 0.3 is 15.2 Å². The number of amides is 1. The highest BCUT2D eigenvalue weighted by molar-refractivity contribution is 7.52. The first-order chi connectivity index (χ1) is 12.5. The Hall–Kier alpha value is -0.490. The average Bonchev–Trinajstić information content (AvgIpc) is 2.55. The fraction of sp³-hybridized carbons (Fsp3) is 0.824. The molecule has 27 heavy (non-hydrogen) atoms. The second-order valence-corrected chi connectivity index (χ2v) is 10.4. The van der Waals surface area contributed by atoms with Gasteiger partial charge in [-0.2, -0.15) is 0 Å². The summed E-state index contributed by atoms with van der Waals surface area (Å²) in [6, 6.07) is 0. The molecule has 1 unspecified atom stereocenters. The molecule has 1 atom stereocenters. The van der Waals surface area contributed by atoms with Gasteiger partial charge in [0.15, 0.2) is 0 Å². The molecular formula is C17H35NO7P2. The SMILES string of the molecule is C=CC(=O)N(CCC)C(CCCCCCCCCCP(=O)(O)O)P(=O)(O)O. The van der Waals surface area contributed by atoms with Crippen molar-refractivity contribution < 1.29 is 33.5 Å². The largest absolute Gasteiger partial charge is 0.347 e. The Bertz CT molecular complexity index is 529. The molecule has 160 valence electrons. The molecular weight excluding hydrogens is 392 g/mol. The smallest absolute Gasteiger partial charge is 0.324 e. The zero-order chi connectivity index (χ0) is 20.9. The molecule has 0 saturated heterocycles. The van der Waals surface area contributed by atoms with Gasteiger partial charge in [0.2, 0.25) is 5.91 Å². The van der Waals surface area contributed by atoms with E-state index in [4.69, 9.17) is 9.79 Å². The van der Waals surface area contributed by atoms with Crippen molar-refractivity contribution in [2.75, 3.05) is 12.7 Å². The average molecular weight is 427 g/mol. The summed E-state index contributed by atoms with van der Waals surface area (Å²) in [5.74, 6) is -1.56. The van der Waals surface area contributed by atoms with Gasteiger partial charge in [-0.05, 0) is 25.3 Å². The maximum absolute atomic E-state index is 11.9. The van der Waals surface area contributed by atoms with E-state index in [1.54, 1.807) is 0 Å². The van der Waals surface area contributed by atoms with Crippen molar-refractivity contribution in [3.05, 3.63) is 12.7 Å². The Morgan fingerprint density at radius 3 is 1.85 bits per heavy atom. The highest BCUT2D eigenvalue weighted by Crippen LogP contribution is 2.45. The molecule has 1 amide bonds. The van der Waals surface area contributed by atoms with Crippen molar-refractivity contribution in [1.29, 1.82) is 0 Å². The van der Waals surface area contributed by atoms with Gasteiger partial charge in [0.1, 0.15) is 5.78 Å². The monoisotopic (exact) mass is 427 g/mol. The minimum absolute atomic E-state index is 0.0611. The number of rotatable bonds is 16. The lowest BCUT2D eigenvalue weighted by Gasteiger charge is -2.31. The number of hydrogen-bond acceptors (Lipinski definition) is 3. The van der Waals surface area contributed by atoms with Crippen LogP contribution in [0.3, 0.4) is 0 Å². The molecule has 0 spiro atoms. The Balaban J connectivity index is 4.15. The molecule has 0 bridgehead atoms. The van der Waals surface area contributed by atoms with Crippen LogP contribution >= 0.6 is 15.2 Å². The molecule has 0 aromatic rings. The summed E-state index contributed by atoms with van der Waals surface area (Å²) in [4.78, 5) is 49.9. The number of nitrogens with zero attached hydrogens (tertiary/aromatic N) is 1. The third kappa shape index (κ3) is 13.3. The van der Waals surface area contributed by atoms with E-state index in [1.165, 1.54) is 4.90 Å². The maximum atomic E-state index is 11.9. The maximum Gasteiger partial charge on any atom is 0.347 e. The number of carbonyl (C=O) groups is 1. The van der Waals surface area contributed by atoms with Gasteiger partial charge in [-0.25, -0.2) is 0 Å². The lowest BCUT2D eigenvalue weighted by Crippen LogP contribution is -2.39. The second kappa shape index (κ2) is 13.6. The zero-order valence-electron chi connectivity index (χ0n) is 16.2. The third-order valence-electron chi connectivity index (χ3n) is 4.33. The van der Waals surface area contributed by atoms with E-state index < -0.39 is 26.9 Å². The first-order valence-corrected chi connectivity index (χ1v) is 13.0. The van der Waals surface area contributed by atoms with Gasteiger partial charge in [0, 0.05) is 12.7 Å². The van der Waals surface area contributed by atoms with E-state index in [-0.39, 0.29) is 19.1 Å². The highest BCUT2D eigenvalue weighted by atomic mass is 31.2. The summed E-state index contributed by atoms with van der Waals surface area (Å²) in [6.07, 6.45) is 8.45. The molecule has 0 aromatic heterocycles. The second-order valence-electron chi connectivity index (χ2n) is 6.81. The topological polar surface area (TPSA) is 135 Å². The summed E-state index contributed by atoms with van der Waals surface area (Å²) in [7, 11) is -8.30. The molecule has 0 aliphatic carbocycles. The minimum atomic E-state index is -4.42. The van der Waals surface area contributed by atoms with Crippen LogP contribution in [0.4, 0.5) is 0 Å². The van der Waals surface area contributed by atoms with Crippen LogP contribution in [0.2, 0.25) is 0 Å². The molecule has 0 heterocycles. The molecule has 0 aromatic carbocycles. The van der Waals surface area contributed by atoms with Crippen LogP contribution in [0.25, 0.3) is 0 Å². The van der Waals surface area contributed by atoms with Crippen molar-refractivity contribution in [2.45, 2.75) is 76.9 Å². The van der Waals surface area contributed by atoms with Gasteiger partial charge in [0.25, 0.3) is 0 Å². The molecule has 10 heteroatoms. The first kappa shape index (κ1) is 26.5. The van der Waals surface area contributed by atoms with Gasteiger partial charge in [-0.3, -0.25) is 13.9 Å². The Kier molecular flexibility index (Phi) is 13.4. The predicted octanol–water partition coefficient (Wildman–Crippen LogP) is 3.60. The van der Waals surface area contributed by atoms with Crippen molar-refractivity contribution >= 4 is 21.1 Å². The summed E-state index contributed by atoms with van der Waals surface area (Å²) >= 11 is 0. The lowest BCUT2D eigenvalue weighted by atomic mass is 10.1. The van der Waals surface area contributed by atoms with Crippen LogP contribution in [0.15, 0.2) is 12.7 Å². The molecule has 0 aliphatic rings. The van der Waals surface area contributed by atoms with Gasteiger partial charge < -0.3 is 24.5 Å². The zero-order valence-corrected chi connectivity index (χ0v) is 18.0. The fourth-order valence-electron chi connectivity index (χ4n) is 2.98. The van der Waals surface area contributed by atoms with Crippen LogP contribution in [0, 0.1) is 0 Å². The van der Waals surface area contributed by atoms with Crippen molar-refractivity contribution in [3.8, 4) is 0 Å². The molecule has 4 N–H and O–H groups in total. The number of hydrogen-bond donors (Lipinski definition) is 4. The number of carbonyl (C=O) groups excluding carboxylic acids is 1. The van der Waals surface area contributed by atoms with Gasteiger partial charge in [0.05, 0.1) is 0 Å². The summed E-state index contributed by atoms with van der Waals surface area (Å²) in [6.45, 7) is 5.54. The molecule has 0 fully saturated rings. The highest BCUT2D eigenvalue weighted by Gasteiger charge is 2.35. The van der Waals surface area contributed by atoms with Crippen LogP contribution in [0.1, 0.15) is 71.1 Å². The minimum Gasteiger partial charge on any atom is -0.324 e. The van der Waals surface area contributed by atoms with Gasteiger partial charge in [-0.15, -0.1) is 0 Å². The molecule has 0 rings (SSSR count). The van der Waals surface area contributed by atoms with E-state index >= 15 is 0 Å². The normalized spacial score (nSPS) is 13.4. The van der Waals surface area contributed by atoms with E-state index in [2.05, 4.69) is 6.58 Å². The third-order valence-corrected chi connectivity index (χ3v) is 6.54. The quantitative estimate of drug-likeness (QED) is 0.168. The van der Waals surface area contributed by atoms with Crippen LogP contribution < -0.4 is 0 Å². The van der Waals surface area contributed by atoms with Gasteiger partial charge in [-0.1, -0.05) is 58.4 Å². The molecule has 0 aliphatic heterocycles. The Morgan fingerprint density at radius 2 is 1.44 bits per heavy atom. The first-order valence-electron chi connectivity index (χ1n) is 9.55. The van der Waals surface area contributed by atoms with Crippen LogP contribution in [-0.2, 0) is 13.9 Å². The predicted molar refractivity (Wildman–Crippen MR) is 106 cm³/mol. The van der Waals surface area contributed by atoms with Crippen molar-refractivity contribution in [1.82, 2.24) is 4.90 Å². The van der Waals surface area contributed by atoms with E-state index in [0.29, 0.717) is 19.3 Å². The van der Waals surface area contributed by atoms with E-state index in [9.17, 15) is 23.7 Å². The fourth-order valence-corrected chi connectivity index (χ4v) is 4.72. The van der Waals surface area contributed by atoms with Crippen molar-refractivity contribution in [3.63, 3.8) is 0 Å². The Morgan fingerprint density at radius 1 is 0.963 bits per heavy atom. The van der Waals surface area contributed by atoms with E-state index in [1.807, 2.05) is 6.92 Å². The summed E-state index contributed by atoms with van der Waals surface area (Å²) < 4.78 is 22.5. The lowest BCUT2D eigenvalue weighted by molar-refractivity contribution is -0.127. The van der Waals surface area contributed by atoms with Crippen LogP contribution in [0.5, 0.6) is 0 Å². The van der Waals surface area contributed by atoms with Crippen molar-refractivity contribution in [2.24, 2.45) is 0 Å². The molecule has 0 radical (unpaired) electrons. The van der Waals surface area contributed by atoms with E-state index in [0.717, 1.165) is 44.6 Å². The standard InChI is InChI=1S/C17H35NO7P2/c1-3-14-18(16(19)4-2)17(27(23,24)25)13-11-9-7-5-6-8-10-12-15-26(20,21)22/h4,17H,2-3,5-15H2,1H3,(H2,20,21,22)(H2,23,24,25). The molecule has 8 nitrogen and oxygen atoms in total. The Labute approximate surface area is 162 Å². The number of unbranched alkanes of at least 4 members (excludes halogenated alkanes) is 7. The summed E-state index contributed by atoms with van der Waals surface area (Å²) in [5.41, 5.74) is 0.